The molecule has 29 heavy (non-hydrogen) atoms. The molecule has 0 saturated carbocycles. The van der Waals surface area contributed by atoms with Crippen LogP contribution in [-0.2, 0) is 13.2 Å². The third-order valence-corrected chi connectivity index (χ3v) is 5.56. The number of nitrogens with one attached hydrogen (secondary N) is 1. The maximum atomic E-state index is 12.7. The van der Waals surface area contributed by atoms with Gasteiger partial charge in [0.2, 0.25) is 0 Å². The van der Waals surface area contributed by atoms with Crippen molar-refractivity contribution in [3.8, 4) is 5.75 Å². The normalized spacial score (nSPS) is 13.9. The molecule has 0 radical (unpaired) electrons. The molecule has 6 nitrogen and oxygen atoms in total. The zero-order chi connectivity index (χ0) is 19.9. The summed E-state index contributed by atoms with van der Waals surface area (Å²) in [5.41, 5.74) is 4.27. The van der Waals surface area contributed by atoms with E-state index in [0.717, 1.165) is 30.2 Å². The molecule has 1 aliphatic rings. The van der Waals surface area contributed by atoms with Crippen LogP contribution in [0, 0.1) is 0 Å². The molecule has 0 atom stereocenters. The highest BCUT2D eigenvalue weighted by atomic mass is 32.1. The average Bonchev–Trinajstić information content (AvgIpc) is 3.31. The third-order valence-electron chi connectivity index (χ3n) is 4.93. The number of hydrogen-bond donors (Lipinski definition) is 1. The predicted molar refractivity (Wildman–Crippen MR) is 114 cm³/mol. The summed E-state index contributed by atoms with van der Waals surface area (Å²) in [4.78, 5) is 23.8. The lowest BCUT2D eigenvalue weighted by Crippen LogP contribution is -2.32. The summed E-state index contributed by atoms with van der Waals surface area (Å²) < 4.78 is 5.75. The Morgan fingerprint density at radius 3 is 2.86 bits per heavy atom. The van der Waals surface area contributed by atoms with Crippen LogP contribution >= 0.6 is 11.3 Å². The molecule has 3 aromatic rings. The summed E-state index contributed by atoms with van der Waals surface area (Å²) >= 11 is 1.53. The van der Waals surface area contributed by atoms with Gasteiger partial charge in [-0.05, 0) is 43.5 Å². The van der Waals surface area contributed by atoms with E-state index in [0.29, 0.717) is 24.5 Å². The van der Waals surface area contributed by atoms with E-state index >= 15 is 0 Å². The van der Waals surface area contributed by atoms with Gasteiger partial charge in [0, 0.05) is 42.3 Å². The number of pyridine rings is 1. The standard InChI is InChI=1S/C22H24N4O2S/c27-22(17-6-4-8-20(12-17)28-14-19-15-29-16-25-19)24-13-18-7-5-9-23-21(18)26-10-2-1-3-11-26/h4-9,12,15-16H,1-3,10-11,13-14H2,(H,24,27). The molecule has 1 saturated heterocycles. The van der Waals surface area contributed by atoms with Gasteiger partial charge in [0.05, 0.1) is 11.2 Å². The Morgan fingerprint density at radius 2 is 2.03 bits per heavy atom. The van der Waals surface area contributed by atoms with Crippen molar-refractivity contribution in [2.75, 3.05) is 18.0 Å². The first kappa shape index (κ1) is 19.4. The van der Waals surface area contributed by atoms with E-state index < -0.39 is 0 Å². The van der Waals surface area contributed by atoms with E-state index in [-0.39, 0.29) is 5.91 Å². The maximum Gasteiger partial charge on any atom is 0.251 e. The number of carbonyl (C=O) groups excluding carboxylic acids is 1. The highest BCUT2D eigenvalue weighted by molar-refractivity contribution is 7.07. The molecule has 7 heteroatoms. The lowest BCUT2D eigenvalue weighted by Gasteiger charge is -2.29. The van der Waals surface area contributed by atoms with Crippen LogP contribution in [0.1, 0.15) is 40.9 Å². The number of amides is 1. The summed E-state index contributed by atoms with van der Waals surface area (Å²) in [6.45, 7) is 2.89. The van der Waals surface area contributed by atoms with E-state index in [1.54, 1.807) is 17.6 Å². The van der Waals surface area contributed by atoms with Gasteiger partial charge in [-0.1, -0.05) is 12.1 Å². The van der Waals surface area contributed by atoms with Crippen molar-refractivity contribution in [1.29, 1.82) is 0 Å². The number of nitrogens with zero attached hydrogens (tertiary/aromatic N) is 3. The largest absolute Gasteiger partial charge is 0.487 e. The van der Waals surface area contributed by atoms with E-state index in [4.69, 9.17) is 4.74 Å². The minimum Gasteiger partial charge on any atom is -0.487 e. The summed E-state index contributed by atoms with van der Waals surface area (Å²) in [6, 6.07) is 11.2. The Morgan fingerprint density at radius 1 is 1.14 bits per heavy atom. The number of hydrogen-bond acceptors (Lipinski definition) is 6. The van der Waals surface area contributed by atoms with Crippen LogP contribution < -0.4 is 15.0 Å². The molecule has 1 aliphatic heterocycles. The smallest absolute Gasteiger partial charge is 0.251 e. The SMILES string of the molecule is O=C(NCc1cccnc1N1CCCCC1)c1cccc(OCc2cscn2)c1. The highest BCUT2D eigenvalue weighted by Crippen LogP contribution is 2.22. The van der Waals surface area contributed by atoms with Gasteiger partial charge in [-0.3, -0.25) is 4.79 Å². The van der Waals surface area contributed by atoms with Crippen molar-refractivity contribution < 1.29 is 9.53 Å². The van der Waals surface area contributed by atoms with E-state index in [2.05, 4.69) is 20.2 Å². The highest BCUT2D eigenvalue weighted by Gasteiger charge is 2.16. The van der Waals surface area contributed by atoms with Crippen molar-refractivity contribution in [3.63, 3.8) is 0 Å². The molecule has 1 aromatic carbocycles. The molecule has 1 fully saturated rings. The van der Waals surface area contributed by atoms with Crippen molar-refractivity contribution in [2.45, 2.75) is 32.4 Å². The molecule has 0 spiro atoms. The first-order valence-corrected chi connectivity index (χ1v) is 10.8. The molecule has 1 amide bonds. The fourth-order valence-electron chi connectivity index (χ4n) is 3.43. The molecule has 4 rings (SSSR count). The van der Waals surface area contributed by atoms with Crippen molar-refractivity contribution in [2.24, 2.45) is 0 Å². The monoisotopic (exact) mass is 408 g/mol. The van der Waals surface area contributed by atoms with Gasteiger partial charge < -0.3 is 15.0 Å². The van der Waals surface area contributed by atoms with Crippen molar-refractivity contribution in [1.82, 2.24) is 15.3 Å². The molecule has 150 valence electrons. The van der Waals surface area contributed by atoms with Gasteiger partial charge in [0.1, 0.15) is 18.2 Å². The first-order valence-electron chi connectivity index (χ1n) is 9.86. The number of ether oxygens (including phenoxy) is 1. The Kier molecular flexibility index (Phi) is 6.36. The predicted octanol–water partition coefficient (Wildman–Crippen LogP) is 4.04. The fraction of sp³-hybridized carbons (Fsp3) is 0.318. The maximum absolute atomic E-state index is 12.7. The van der Waals surface area contributed by atoms with E-state index in [1.165, 1.54) is 30.6 Å². The average molecular weight is 409 g/mol. The minimum absolute atomic E-state index is 0.127. The molecular weight excluding hydrogens is 384 g/mol. The number of benzene rings is 1. The van der Waals surface area contributed by atoms with Crippen LogP contribution in [0.15, 0.2) is 53.5 Å². The first-order chi connectivity index (χ1) is 14.3. The van der Waals surface area contributed by atoms with Gasteiger partial charge in [-0.2, -0.15) is 0 Å². The van der Waals surface area contributed by atoms with Crippen LogP contribution in [-0.4, -0.2) is 29.0 Å². The molecular formula is C22H24N4O2S. The van der Waals surface area contributed by atoms with Gasteiger partial charge >= 0.3 is 0 Å². The fourth-order valence-corrected chi connectivity index (χ4v) is 3.97. The van der Waals surface area contributed by atoms with Crippen LogP contribution in [0.4, 0.5) is 5.82 Å². The van der Waals surface area contributed by atoms with Gasteiger partial charge in [0.25, 0.3) is 5.91 Å². The Bertz CT molecular complexity index is 940. The number of carbonyl (C=O) groups is 1. The van der Waals surface area contributed by atoms with Crippen LogP contribution in [0.3, 0.4) is 0 Å². The molecule has 0 bridgehead atoms. The molecule has 0 aliphatic carbocycles. The second-order valence-corrected chi connectivity index (χ2v) is 7.73. The summed E-state index contributed by atoms with van der Waals surface area (Å²) in [6.07, 6.45) is 5.47. The summed E-state index contributed by atoms with van der Waals surface area (Å²) in [5.74, 6) is 1.51. The lowest BCUT2D eigenvalue weighted by molar-refractivity contribution is 0.0950. The molecule has 3 heterocycles. The lowest BCUT2D eigenvalue weighted by atomic mass is 10.1. The Hall–Kier alpha value is -2.93. The van der Waals surface area contributed by atoms with Crippen molar-refractivity contribution >= 4 is 23.1 Å². The topological polar surface area (TPSA) is 67.4 Å². The summed E-state index contributed by atoms with van der Waals surface area (Å²) in [5, 5.41) is 4.97. The number of rotatable bonds is 7. The van der Waals surface area contributed by atoms with E-state index in [9.17, 15) is 4.79 Å². The third kappa shape index (κ3) is 5.12. The zero-order valence-electron chi connectivity index (χ0n) is 16.2. The van der Waals surface area contributed by atoms with Gasteiger partial charge in [-0.15, -0.1) is 11.3 Å². The Labute approximate surface area is 174 Å². The summed E-state index contributed by atoms with van der Waals surface area (Å²) in [7, 11) is 0. The number of aromatic nitrogens is 2. The molecule has 1 N–H and O–H groups in total. The van der Waals surface area contributed by atoms with Crippen LogP contribution in [0.5, 0.6) is 5.75 Å². The molecule has 0 unspecified atom stereocenters. The zero-order valence-corrected chi connectivity index (χ0v) is 17.0. The number of piperidine rings is 1. The van der Waals surface area contributed by atoms with Crippen LogP contribution in [0.25, 0.3) is 0 Å². The second-order valence-electron chi connectivity index (χ2n) is 7.01. The number of anilines is 1. The number of thiazole rings is 1. The molecule has 2 aromatic heterocycles. The van der Waals surface area contributed by atoms with Gasteiger partial charge in [-0.25, -0.2) is 9.97 Å². The quantitative estimate of drug-likeness (QED) is 0.639. The van der Waals surface area contributed by atoms with Gasteiger partial charge in [0.15, 0.2) is 0 Å². The van der Waals surface area contributed by atoms with E-state index in [1.807, 2.05) is 35.8 Å². The minimum atomic E-state index is -0.127. The Balaban J connectivity index is 1.38. The second kappa shape index (κ2) is 9.52. The van der Waals surface area contributed by atoms with Crippen molar-refractivity contribution in [3.05, 3.63) is 70.3 Å². The van der Waals surface area contributed by atoms with Crippen LogP contribution in [0.2, 0.25) is 0 Å².